The minimum atomic E-state index is 0.0227. The molecule has 1 saturated heterocycles. The van der Waals surface area contributed by atoms with Gasteiger partial charge >= 0.3 is 0 Å². The minimum Gasteiger partial charge on any atom is -0.356 e. The van der Waals surface area contributed by atoms with Gasteiger partial charge < -0.3 is 19.4 Å². The van der Waals surface area contributed by atoms with E-state index in [1.807, 2.05) is 41.0 Å². The summed E-state index contributed by atoms with van der Waals surface area (Å²) in [6.45, 7) is 3.03. The number of amides is 2. The summed E-state index contributed by atoms with van der Waals surface area (Å²) in [7, 11) is 1.87. The van der Waals surface area contributed by atoms with Crippen molar-refractivity contribution in [3.63, 3.8) is 0 Å². The third-order valence-corrected chi connectivity index (χ3v) is 5.74. The smallest absolute Gasteiger partial charge is 0.274 e. The number of nitrogens with one attached hydrogen (secondary N) is 1. The van der Waals surface area contributed by atoms with Gasteiger partial charge in [-0.1, -0.05) is 0 Å². The number of carbonyl (C=O) groups excluding carboxylic acids is 2. The lowest BCUT2D eigenvalue weighted by molar-refractivity contribution is -0.121. The fourth-order valence-electron chi connectivity index (χ4n) is 4.22. The van der Waals surface area contributed by atoms with Gasteiger partial charge in [0.1, 0.15) is 5.69 Å². The lowest BCUT2D eigenvalue weighted by Gasteiger charge is -2.39. The number of hydrogen-bond donors (Lipinski definition) is 1. The second kappa shape index (κ2) is 6.97. The fourth-order valence-corrected chi connectivity index (χ4v) is 4.22. The van der Waals surface area contributed by atoms with Gasteiger partial charge in [0.15, 0.2) is 0 Å². The van der Waals surface area contributed by atoms with Crippen LogP contribution in [0.25, 0.3) is 0 Å². The molecule has 2 aromatic rings. The van der Waals surface area contributed by atoms with Crippen molar-refractivity contribution in [3.8, 4) is 0 Å². The Labute approximate surface area is 153 Å². The van der Waals surface area contributed by atoms with Gasteiger partial charge in [-0.25, -0.2) is 4.98 Å². The highest BCUT2D eigenvalue weighted by atomic mass is 16.2. The highest BCUT2D eigenvalue weighted by Crippen LogP contribution is 2.45. The second-order valence-corrected chi connectivity index (χ2v) is 7.53. The van der Waals surface area contributed by atoms with Gasteiger partial charge in [0, 0.05) is 58.2 Å². The molecule has 1 saturated carbocycles. The van der Waals surface area contributed by atoms with Gasteiger partial charge in [-0.15, -0.1) is 0 Å². The SMILES string of the molecule is Cn1cnc(C(=O)N2C[C@@H]3C[C@@H](CNC(=O)CCn4cccc4)[C@@H]3C2)c1. The van der Waals surface area contributed by atoms with Crippen molar-refractivity contribution in [1.29, 1.82) is 0 Å². The Morgan fingerprint density at radius 3 is 2.81 bits per heavy atom. The van der Waals surface area contributed by atoms with E-state index in [4.69, 9.17) is 0 Å². The van der Waals surface area contributed by atoms with E-state index in [0.717, 1.165) is 26.1 Å². The van der Waals surface area contributed by atoms with Gasteiger partial charge in [0.2, 0.25) is 5.91 Å². The summed E-state index contributed by atoms with van der Waals surface area (Å²) < 4.78 is 3.81. The Hall–Kier alpha value is -2.57. The quantitative estimate of drug-likeness (QED) is 0.844. The Morgan fingerprint density at radius 1 is 1.27 bits per heavy atom. The first kappa shape index (κ1) is 16.9. The van der Waals surface area contributed by atoms with Crippen LogP contribution in [-0.4, -0.2) is 50.5 Å². The first-order chi connectivity index (χ1) is 12.6. The van der Waals surface area contributed by atoms with E-state index in [0.29, 0.717) is 36.4 Å². The molecule has 0 bridgehead atoms. The van der Waals surface area contributed by atoms with Gasteiger partial charge in [-0.05, 0) is 36.3 Å². The van der Waals surface area contributed by atoms with E-state index < -0.39 is 0 Å². The Bertz CT molecular complexity index is 782. The summed E-state index contributed by atoms with van der Waals surface area (Å²) in [4.78, 5) is 30.6. The van der Waals surface area contributed by atoms with Crippen molar-refractivity contribution in [2.24, 2.45) is 24.8 Å². The van der Waals surface area contributed by atoms with Gasteiger partial charge in [0.05, 0.1) is 6.33 Å². The Balaban J connectivity index is 1.22. The van der Waals surface area contributed by atoms with Gasteiger partial charge in [-0.2, -0.15) is 0 Å². The summed E-state index contributed by atoms with van der Waals surface area (Å²) in [6.07, 6.45) is 8.95. The van der Waals surface area contributed by atoms with E-state index >= 15 is 0 Å². The molecule has 3 atom stereocenters. The predicted octanol–water partition coefficient (Wildman–Crippen LogP) is 1.14. The molecule has 7 heteroatoms. The average molecular weight is 355 g/mol. The first-order valence-corrected chi connectivity index (χ1v) is 9.25. The van der Waals surface area contributed by atoms with Crippen molar-refractivity contribution < 1.29 is 9.59 Å². The normalized spacial score (nSPS) is 24.2. The Morgan fingerprint density at radius 2 is 2.08 bits per heavy atom. The van der Waals surface area contributed by atoms with Crippen LogP contribution in [0.2, 0.25) is 0 Å². The number of fused-ring (bicyclic) bond motifs is 1. The van der Waals surface area contributed by atoms with E-state index in [9.17, 15) is 9.59 Å². The molecule has 2 fully saturated rings. The summed E-state index contributed by atoms with van der Waals surface area (Å²) in [5, 5.41) is 3.07. The van der Waals surface area contributed by atoms with Crippen LogP contribution >= 0.6 is 0 Å². The van der Waals surface area contributed by atoms with Crippen LogP contribution in [0.1, 0.15) is 23.3 Å². The van der Waals surface area contributed by atoms with Crippen LogP contribution in [0, 0.1) is 17.8 Å². The van der Waals surface area contributed by atoms with E-state index in [-0.39, 0.29) is 11.8 Å². The summed E-state index contributed by atoms with van der Waals surface area (Å²) in [5.41, 5.74) is 0.517. The molecule has 0 aromatic carbocycles. The molecular weight excluding hydrogens is 330 g/mol. The molecule has 7 nitrogen and oxygen atoms in total. The fraction of sp³-hybridized carbons (Fsp3) is 0.526. The highest BCUT2D eigenvalue weighted by molar-refractivity contribution is 5.92. The molecule has 4 rings (SSSR count). The molecule has 0 spiro atoms. The number of rotatable bonds is 6. The van der Waals surface area contributed by atoms with E-state index in [1.54, 1.807) is 17.1 Å². The zero-order valence-corrected chi connectivity index (χ0v) is 15.0. The number of nitrogens with zero attached hydrogens (tertiary/aromatic N) is 4. The monoisotopic (exact) mass is 355 g/mol. The molecule has 0 unspecified atom stereocenters. The predicted molar refractivity (Wildman–Crippen MR) is 96.3 cm³/mol. The Kier molecular flexibility index (Phi) is 4.53. The number of likely N-dealkylation sites (tertiary alicyclic amines) is 1. The largest absolute Gasteiger partial charge is 0.356 e. The van der Waals surface area contributed by atoms with E-state index in [2.05, 4.69) is 10.3 Å². The maximum absolute atomic E-state index is 12.5. The molecule has 2 aliphatic rings. The molecule has 26 heavy (non-hydrogen) atoms. The summed E-state index contributed by atoms with van der Waals surface area (Å²) in [5.74, 6) is 1.69. The third kappa shape index (κ3) is 3.38. The summed E-state index contributed by atoms with van der Waals surface area (Å²) >= 11 is 0. The van der Waals surface area contributed by atoms with Crippen LogP contribution in [0.5, 0.6) is 0 Å². The average Bonchev–Trinajstić information content (AvgIpc) is 3.34. The van der Waals surface area contributed by atoms with Crippen molar-refractivity contribution in [3.05, 3.63) is 42.7 Å². The molecule has 0 radical (unpaired) electrons. The van der Waals surface area contributed by atoms with Gasteiger partial charge in [0.25, 0.3) is 5.91 Å². The van der Waals surface area contributed by atoms with Crippen LogP contribution in [0.4, 0.5) is 0 Å². The second-order valence-electron chi connectivity index (χ2n) is 7.53. The molecule has 2 amide bonds. The van der Waals surface area contributed by atoms with Crippen LogP contribution in [0.15, 0.2) is 37.1 Å². The first-order valence-electron chi connectivity index (χ1n) is 9.25. The zero-order valence-electron chi connectivity index (χ0n) is 15.0. The minimum absolute atomic E-state index is 0.0227. The van der Waals surface area contributed by atoms with Crippen molar-refractivity contribution in [1.82, 2.24) is 24.3 Å². The standard InChI is InChI=1S/C19H25N5O2/c1-22-12-17(21-13-22)19(26)24-10-15-8-14(16(15)11-24)9-20-18(25)4-7-23-5-2-3-6-23/h2-3,5-6,12-16H,4,7-11H2,1H3,(H,20,25)/t14-,15-,16-/m0/s1. The lowest BCUT2D eigenvalue weighted by atomic mass is 9.67. The highest BCUT2D eigenvalue weighted by Gasteiger charge is 2.48. The maximum Gasteiger partial charge on any atom is 0.274 e. The topological polar surface area (TPSA) is 72.2 Å². The molecule has 1 N–H and O–H groups in total. The molecule has 3 heterocycles. The number of aromatic nitrogens is 3. The van der Waals surface area contributed by atoms with Crippen molar-refractivity contribution in [2.75, 3.05) is 19.6 Å². The van der Waals surface area contributed by atoms with Crippen LogP contribution < -0.4 is 5.32 Å². The molecule has 1 aliphatic carbocycles. The van der Waals surface area contributed by atoms with Crippen LogP contribution in [0.3, 0.4) is 0 Å². The molecule has 1 aliphatic heterocycles. The van der Waals surface area contributed by atoms with Crippen molar-refractivity contribution >= 4 is 11.8 Å². The lowest BCUT2D eigenvalue weighted by Crippen LogP contribution is -2.43. The number of aryl methyl sites for hydroxylation is 2. The molecular formula is C19H25N5O2. The maximum atomic E-state index is 12.5. The number of carbonyl (C=O) groups is 2. The van der Waals surface area contributed by atoms with Gasteiger partial charge in [-0.3, -0.25) is 9.59 Å². The third-order valence-electron chi connectivity index (χ3n) is 5.74. The van der Waals surface area contributed by atoms with Crippen molar-refractivity contribution in [2.45, 2.75) is 19.4 Å². The van der Waals surface area contributed by atoms with E-state index in [1.165, 1.54) is 0 Å². The van der Waals surface area contributed by atoms with Crippen LogP contribution in [-0.2, 0) is 18.4 Å². The summed E-state index contributed by atoms with van der Waals surface area (Å²) in [6, 6.07) is 3.93. The number of imidazole rings is 1. The molecule has 2 aromatic heterocycles. The zero-order chi connectivity index (χ0) is 18.1. The number of hydrogen-bond acceptors (Lipinski definition) is 3. The molecule has 138 valence electrons.